The summed E-state index contributed by atoms with van der Waals surface area (Å²) in [4.78, 5) is 17.5. The quantitative estimate of drug-likeness (QED) is 0.243. The Morgan fingerprint density at radius 1 is 0.500 bits per heavy atom. The zero-order chi connectivity index (χ0) is 23.5. The Morgan fingerprint density at radius 2 is 0.853 bits per heavy atom. The normalized spacial score (nSPS) is 16.5. The number of nitrogens with one attached hydrogen (secondary N) is 2. The molecule has 6 rings (SSSR count). The number of hydrogen-bond donors (Lipinski definition) is 2. The molecule has 34 heavy (non-hydrogen) atoms. The second-order valence-corrected chi connectivity index (χ2v) is 10.3. The van der Waals surface area contributed by atoms with Crippen molar-refractivity contribution in [2.75, 3.05) is 0 Å². The van der Waals surface area contributed by atoms with Crippen LogP contribution < -0.4 is 0 Å². The van der Waals surface area contributed by atoms with Crippen molar-refractivity contribution in [3.05, 3.63) is 84.2 Å². The van der Waals surface area contributed by atoms with Crippen LogP contribution in [0.1, 0.15) is 39.1 Å². The molecule has 3 aromatic carbocycles. The molecule has 0 fully saturated rings. The van der Waals surface area contributed by atoms with Crippen molar-refractivity contribution >= 4 is 45.3 Å². The second-order valence-electron chi connectivity index (χ2n) is 10.3. The number of para-hydroxylation sites is 2. The van der Waals surface area contributed by atoms with E-state index in [1.165, 1.54) is 21.5 Å². The number of benzene rings is 3. The van der Waals surface area contributed by atoms with E-state index in [9.17, 15) is 0 Å². The van der Waals surface area contributed by atoms with Crippen molar-refractivity contribution < 1.29 is 0 Å². The molecule has 0 spiro atoms. The van der Waals surface area contributed by atoms with E-state index in [4.69, 9.17) is 9.98 Å². The Balaban J connectivity index is 1.75. The highest BCUT2D eigenvalue weighted by Gasteiger charge is 2.29. The van der Waals surface area contributed by atoms with Gasteiger partial charge in [-0.3, -0.25) is 9.98 Å². The smallest absolute Gasteiger partial charge is 0.0882 e. The van der Waals surface area contributed by atoms with Crippen molar-refractivity contribution in [3.8, 4) is 11.4 Å². The first kappa shape index (κ1) is 20.7. The first-order valence-corrected chi connectivity index (χ1v) is 11.8. The lowest BCUT2D eigenvalue weighted by atomic mass is 9.88. The summed E-state index contributed by atoms with van der Waals surface area (Å²) in [6.07, 6.45) is 4.08. The molecule has 3 heterocycles. The first-order chi connectivity index (χ1) is 16.4. The van der Waals surface area contributed by atoms with Gasteiger partial charge in [-0.15, -0.1) is 0 Å². The number of hydrogen-bond acceptors (Lipinski definition) is 2. The van der Waals surface area contributed by atoms with E-state index in [0.717, 1.165) is 34.2 Å². The van der Waals surface area contributed by atoms with Gasteiger partial charge in [0.05, 0.1) is 22.8 Å². The highest BCUT2D eigenvalue weighted by atomic mass is 14.9. The molecule has 0 amide bonds. The van der Waals surface area contributed by atoms with E-state index in [0.29, 0.717) is 0 Å². The van der Waals surface area contributed by atoms with Gasteiger partial charge in [-0.2, -0.15) is 0 Å². The van der Waals surface area contributed by atoms with Gasteiger partial charge in [-0.05, 0) is 39.8 Å². The third-order valence-corrected chi connectivity index (χ3v) is 6.90. The molecule has 4 heteroatoms. The van der Waals surface area contributed by atoms with Crippen LogP contribution in [0.2, 0.25) is 0 Å². The average Bonchev–Trinajstić information content (AvgIpc) is 3.41. The van der Waals surface area contributed by atoms with Gasteiger partial charge in [0.15, 0.2) is 0 Å². The summed E-state index contributed by atoms with van der Waals surface area (Å²) < 4.78 is 0. The highest BCUT2D eigenvalue weighted by Crippen LogP contribution is 2.42. The van der Waals surface area contributed by atoms with Gasteiger partial charge in [0.25, 0.3) is 0 Å². The zero-order valence-electron chi connectivity index (χ0n) is 20.0. The monoisotopic (exact) mass is 444 g/mol. The summed E-state index contributed by atoms with van der Waals surface area (Å²) in [6.45, 7) is 8.82. The molecule has 0 saturated heterocycles. The molecule has 1 aliphatic heterocycles. The molecule has 0 radical (unpaired) electrons. The van der Waals surface area contributed by atoms with Gasteiger partial charge in [0.1, 0.15) is 0 Å². The molecule has 5 aromatic rings. The third-order valence-electron chi connectivity index (χ3n) is 6.90. The average molecular weight is 445 g/mol. The number of aromatic nitrogens is 2. The van der Waals surface area contributed by atoms with Crippen LogP contribution >= 0.6 is 0 Å². The molecule has 2 N–H and O–H groups in total. The molecule has 4 bridgehead atoms. The summed E-state index contributed by atoms with van der Waals surface area (Å²) in [5.41, 5.74) is 5.63. The van der Waals surface area contributed by atoms with Gasteiger partial charge < -0.3 is 9.97 Å². The van der Waals surface area contributed by atoms with Gasteiger partial charge >= 0.3 is 0 Å². The maximum atomic E-state index is 4.92. The number of nitrogens with zero attached hydrogens (tertiary/aromatic N) is 2. The van der Waals surface area contributed by atoms with E-state index in [-0.39, 0.29) is 10.8 Å². The predicted octanol–water partition coefficient (Wildman–Crippen LogP) is 7.99. The number of aromatic amines is 2. The Labute approximate surface area is 199 Å². The topological polar surface area (TPSA) is 56.3 Å². The van der Waals surface area contributed by atoms with Crippen molar-refractivity contribution in [3.63, 3.8) is 0 Å². The predicted molar refractivity (Wildman–Crippen MR) is 144 cm³/mol. The fraction of sp³-hybridized carbons (Fsp3) is 0.200. The van der Waals surface area contributed by atoms with Crippen molar-refractivity contribution in [1.29, 1.82) is 0 Å². The summed E-state index contributed by atoms with van der Waals surface area (Å²) in [5.74, 6) is 0. The first-order valence-electron chi connectivity index (χ1n) is 11.8. The Morgan fingerprint density at radius 3 is 1.26 bits per heavy atom. The van der Waals surface area contributed by atoms with Crippen LogP contribution in [0.25, 0.3) is 32.9 Å². The Bertz CT molecular complexity index is 1490. The van der Waals surface area contributed by atoms with Crippen LogP contribution in [-0.2, 0) is 10.8 Å². The maximum Gasteiger partial charge on any atom is 0.0882 e. The lowest BCUT2D eigenvalue weighted by Gasteiger charge is -2.20. The van der Waals surface area contributed by atoms with E-state index >= 15 is 0 Å². The van der Waals surface area contributed by atoms with E-state index < -0.39 is 0 Å². The molecule has 0 atom stereocenters. The number of rotatable bonds is 0. The van der Waals surface area contributed by atoms with E-state index in [1.807, 2.05) is 36.7 Å². The number of H-pyrrole nitrogens is 2. The van der Waals surface area contributed by atoms with Crippen LogP contribution in [0, 0.1) is 0 Å². The van der Waals surface area contributed by atoms with E-state index in [1.54, 1.807) is 0 Å². The molecule has 168 valence electrons. The maximum absolute atomic E-state index is 4.92. The van der Waals surface area contributed by atoms with Crippen molar-refractivity contribution in [1.82, 2.24) is 9.97 Å². The highest BCUT2D eigenvalue weighted by molar-refractivity contribution is 6.07. The minimum Gasteiger partial charge on any atom is -0.355 e. The largest absolute Gasteiger partial charge is 0.355 e. The van der Waals surface area contributed by atoms with Crippen LogP contribution in [0.5, 0.6) is 0 Å². The summed E-state index contributed by atoms with van der Waals surface area (Å²) in [5, 5.41) is 4.85. The van der Waals surface area contributed by atoms with Crippen LogP contribution in [0.4, 0.5) is 11.4 Å². The molecule has 0 aliphatic carbocycles. The summed E-state index contributed by atoms with van der Waals surface area (Å²) in [7, 11) is 0. The lowest BCUT2D eigenvalue weighted by Crippen LogP contribution is -2.20. The fourth-order valence-electron chi connectivity index (χ4n) is 5.04. The standard InChI is InChI=1S/C30H28N4/c1-29(2)17-31-23-15-9-10-16-24(23)32-18-30(3,4)28-22-14-8-6-12-20(22)26(34-28)25-19-11-5-7-13-21(19)27(29)33-25/h5-18,33-34H,1-4H3. The summed E-state index contributed by atoms with van der Waals surface area (Å²) >= 11 is 0. The molecule has 2 aromatic heterocycles. The van der Waals surface area contributed by atoms with Crippen LogP contribution in [-0.4, -0.2) is 22.4 Å². The number of fused-ring (bicyclic) bond motifs is 12. The molecule has 0 saturated carbocycles. The SMILES string of the molecule is CC1(C)C=Nc2ccccc2N=CC(C)(C)c2[nH]c(c3ccccc23)-c2[nH]c1c1ccccc21. The zero-order valence-corrected chi connectivity index (χ0v) is 20.0. The molecular formula is C30H28N4. The van der Waals surface area contributed by atoms with Crippen LogP contribution in [0.15, 0.2) is 82.8 Å². The van der Waals surface area contributed by atoms with Gasteiger partial charge in [-0.25, -0.2) is 0 Å². The van der Waals surface area contributed by atoms with E-state index in [2.05, 4.69) is 86.2 Å². The minimum absolute atomic E-state index is 0.316. The Kier molecular flexibility index (Phi) is 4.43. The second kappa shape index (κ2) is 7.29. The van der Waals surface area contributed by atoms with Crippen LogP contribution in [0.3, 0.4) is 0 Å². The van der Waals surface area contributed by atoms with Gasteiger partial charge in [0, 0.05) is 56.2 Å². The summed E-state index contributed by atoms with van der Waals surface area (Å²) in [6, 6.07) is 25.3. The minimum atomic E-state index is -0.316. The number of aliphatic imine (C=N–C) groups is 2. The molecule has 4 nitrogen and oxygen atoms in total. The molecule has 0 unspecified atom stereocenters. The third kappa shape index (κ3) is 3.13. The van der Waals surface area contributed by atoms with Gasteiger partial charge in [-0.1, -0.05) is 60.7 Å². The van der Waals surface area contributed by atoms with Crippen molar-refractivity contribution in [2.24, 2.45) is 9.98 Å². The molecular weight excluding hydrogens is 416 g/mol. The Hall–Kier alpha value is -3.92. The van der Waals surface area contributed by atoms with Crippen molar-refractivity contribution in [2.45, 2.75) is 38.5 Å². The van der Waals surface area contributed by atoms with Gasteiger partial charge in [0.2, 0.25) is 0 Å². The molecule has 1 aliphatic rings. The fourth-order valence-corrected chi connectivity index (χ4v) is 5.04. The lowest BCUT2D eigenvalue weighted by molar-refractivity contribution is 0.713.